The summed E-state index contributed by atoms with van der Waals surface area (Å²) in [5, 5.41) is 21.5. The van der Waals surface area contributed by atoms with E-state index in [0.717, 1.165) is 5.56 Å². The third-order valence-electron chi connectivity index (χ3n) is 3.52. The standard InChI is InChI=1S/C17H25NO5/c1-10-9-11(17(5,6)13(19)14(20)21)7-8-12(10)18-15(22)23-16(2,3)4/h7-9,13,19H,1-6H3,(H,18,22)(H,20,21). The van der Waals surface area contributed by atoms with E-state index >= 15 is 0 Å². The van der Waals surface area contributed by atoms with Gasteiger partial charge in [0.05, 0.1) is 0 Å². The molecule has 0 saturated heterocycles. The molecule has 128 valence electrons. The van der Waals surface area contributed by atoms with Crippen LogP contribution in [-0.2, 0) is 14.9 Å². The molecule has 0 saturated carbocycles. The molecule has 0 aliphatic heterocycles. The van der Waals surface area contributed by atoms with E-state index in [0.29, 0.717) is 11.3 Å². The molecular formula is C17H25NO5. The van der Waals surface area contributed by atoms with Gasteiger partial charge in [0.1, 0.15) is 5.60 Å². The van der Waals surface area contributed by atoms with Gasteiger partial charge in [-0.05, 0) is 44.9 Å². The number of carboxylic acids is 1. The first-order chi connectivity index (χ1) is 10.3. The maximum Gasteiger partial charge on any atom is 0.412 e. The van der Waals surface area contributed by atoms with Crippen LogP contribution in [0.5, 0.6) is 0 Å². The molecule has 0 fully saturated rings. The number of nitrogens with one attached hydrogen (secondary N) is 1. The van der Waals surface area contributed by atoms with Gasteiger partial charge in [0.15, 0.2) is 6.10 Å². The van der Waals surface area contributed by atoms with E-state index < -0.39 is 29.2 Å². The highest BCUT2D eigenvalue weighted by Crippen LogP contribution is 2.30. The largest absolute Gasteiger partial charge is 0.479 e. The Morgan fingerprint density at radius 2 is 1.74 bits per heavy atom. The lowest BCUT2D eigenvalue weighted by molar-refractivity contribution is -0.150. The summed E-state index contributed by atoms with van der Waals surface area (Å²) in [6.07, 6.45) is -2.08. The number of carboxylic acid groups (broad SMARTS) is 1. The van der Waals surface area contributed by atoms with E-state index in [1.165, 1.54) is 0 Å². The Morgan fingerprint density at radius 3 is 2.17 bits per heavy atom. The first-order valence-corrected chi connectivity index (χ1v) is 7.36. The first-order valence-electron chi connectivity index (χ1n) is 7.36. The number of hydrogen-bond acceptors (Lipinski definition) is 4. The van der Waals surface area contributed by atoms with Crippen LogP contribution in [0.4, 0.5) is 10.5 Å². The number of rotatable bonds is 4. The summed E-state index contributed by atoms with van der Waals surface area (Å²) in [7, 11) is 0. The van der Waals surface area contributed by atoms with Gasteiger partial charge in [-0.2, -0.15) is 0 Å². The minimum atomic E-state index is -1.52. The molecule has 1 aromatic rings. The van der Waals surface area contributed by atoms with Crippen molar-refractivity contribution in [3.63, 3.8) is 0 Å². The van der Waals surface area contributed by atoms with Crippen LogP contribution in [-0.4, -0.2) is 34.0 Å². The molecule has 0 spiro atoms. The second-order valence-corrected chi connectivity index (χ2v) is 7.12. The summed E-state index contributed by atoms with van der Waals surface area (Å²) in [4.78, 5) is 22.8. The van der Waals surface area contributed by atoms with Crippen LogP contribution in [0.25, 0.3) is 0 Å². The van der Waals surface area contributed by atoms with Crippen molar-refractivity contribution < 1.29 is 24.5 Å². The molecule has 3 N–H and O–H groups in total. The Bertz CT molecular complexity index is 601. The minimum Gasteiger partial charge on any atom is -0.479 e. The highest BCUT2D eigenvalue weighted by molar-refractivity contribution is 5.86. The maximum atomic E-state index is 11.8. The molecule has 0 heterocycles. The molecule has 0 aliphatic rings. The zero-order valence-corrected chi connectivity index (χ0v) is 14.4. The lowest BCUT2D eigenvalue weighted by atomic mass is 9.78. The highest BCUT2D eigenvalue weighted by atomic mass is 16.6. The minimum absolute atomic E-state index is 0.557. The number of aryl methyl sites for hydroxylation is 1. The molecule has 6 heteroatoms. The van der Waals surface area contributed by atoms with Crippen LogP contribution < -0.4 is 5.32 Å². The predicted octanol–water partition coefficient (Wildman–Crippen LogP) is 3.07. The summed E-state index contributed by atoms with van der Waals surface area (Å²) >= 11 is 0. The zero-order chi connectivity index (χ0) is 18.0. The molecule has 0 radical (unpaired) electrons. The number of aliphatic carboxylic acids is 1. The van der Waals surface area contributed by atoms with Crippen LogP contribution >= 0.6 is 0 Å². The molecule has 0 aromatic heterocycles. The molecule has 1 amide bonds. The van der Waals surface area contributed by atoms with E-state index in [4.69, 9.17) is 9.84 Å². The van der Waals surface area contributed by atoms with Crippen molar-refractivity contribution in [2.75, 3.05) is 5.32 Å². The third kappa shape index (κ3) is 4.96. The number of ether oxygens (including phenoxy) is 1. The van der Waals surface area contributed by atoms with Crippen molar-refractivity contribution in [3.8, 4) is 0 Å². The Kier molecular flexibility index (Phi) is 5.43. The maximum absolute atomic E-state index is 11.8. The number of carbonyl (C=O) groups is 2. The van der Waals surface area contributed by atoms with E-state index in [9.17, 15) is 14.7 Å². The summed E-state index contributed by atoms with van der Waals surface area (Å²) in [6, 6.07) is 5.11. The number of aliphatic hydroxyl groups is 1. The molecule has 6 nitrogen and oxygen atoms in total. The first kappa shape index (κ1) is 19.0. The smallest absolute Gasteiger partial charge is 0.412 e. The lowest BCUT2D eigenvalue weighted by Gasteiger charge is -2.29. The lowest BCUT2D eigenvalue weighted by Crippen LogP contribution is -2.39. The van der Waals surface area contributed by atoms with E-state index in [1.807, 2.05) is 0 Å². The molecule has 0 bridgehead atoms. The quantitative estimate of drug-likeness (QED) is 0.791. The van der Waals surface area contributed by atoms with Crippen molar-refractivity contribution in [2.45, 2.75) is 58.7 Å². The molecule has 1 aromatic carbocycles. The number of benzene rings is 1. The number of carbonyl (C=O) groups excluding carboxylic acids is 1. The van der Waals surface area contributed by atoms with Crippen LogP contribution in [0.3, 0.4) is 0 Å². The molecule has 23 heavy (non-hydrogen) atoms. The van der Waals surface area contributed by atoms with Gasteiger partial charge in [0, 0.05) is 11.1 Å². The monoisotopic (exact) mass is 323 g/mol. The topological polar surface area (TPSA) is 95.9 Å². The Labute approximate surface area is 136 Å². The van der Waals surface area contributed by atoms with Crippen LogP contribution in [0.2, 0.25) is 0 Å². The highest BCUT2D eigenvalue weighted by Gasteiger charge is 2.35. The SMILES string of the molecule is Cc1cc(C(C)(C)C(O)C(=O)O)ccc1NC(=O)OC(C)(C)C. The second-order valence-electron chi connectivity index (χ2n) is 7.12. The summed E-state index contributed by atoms with van der Waals surface area (Å²) in [6.45, 7) is 10.4. The van der Waals surface area contributed by atoms with Crippen molar-refractivity contribution >= 4 is 17.7 Å². The van der Waals surface area contributed by atoms with Gasteiger partial charge in [-0.3, -0.25) is 5.32 Å². The third-order valence-corrected chi connectivity index (χ3v) is 3.52. The van der Waals surface area contributed by atoms with Crippen molar-refractivity contribution in [1.82, 2.24) is 0 Å². The summed E-state index contributed by atoms with van der Waals surface area (Å²) < 4.78 is 5.20. The average molecular weight is 323 g/mol. The van der Waals surface area contributed by atoms with E-state index in [-0.39, 0.29) is 0 Å². The number of amides is 1. The predicted molar refractivity (Wildman–Crippen MR) is 87.7 cm³/mol. The van der Waals surface area contributed by atoms with Gasteiger partial charge in [-0.1, -0.05) is 26.0 Å². The summed E-state index contributed by atoms with van der Waals surface area (Å²) in [5.74, 6) is -1.27. The van der Waals surface area contributed by atoms with Crippen LogP contribution in [0.1, 0.15) is 45.7 Å². The van der Waals surface area contributed by atoms with Gasteiger partial charge < -0.3 is 14.9 Å². The van der Waals surface area contributed by atoms with Gasteiger partial charge in [-0.15, -0.1) is 0 Å². The van der Waals surface area contributed by atoms with E-state index in [1.54, 1.807) is 59.7 Å². The molecular weight excluding hydrogens is 298 g/mol. The van der Waals surface area contributed by atoms with Gasteiger partial charge >= 0.3 is 12.1 Å². The average Bonchev–Trinajstić information content (AvgIpc) is 2.37. The van der Waals surface area contributed by atoms with Crippen molar-refractivity contribution in [1.29, 1.82) is 0 Å². The Hall–Kier alpha value is -2.08. The zero-order valence-electron chi connectivity index (χ0n) is 14.4. The second kappa shape index (κ2) is 6.58. The number of hydrogen-bond donors (Lipinski definition) is 3. The Balaban J connectivity index is 2.99. The molecule has 1 rings (SSSR count). The van der Waals surface area contributed by atoms with Crippen molar-refractivity contribution in [2.24, 2.45) is 0 Å². The van der Waals surface area contributed by atoms with Gasteiger partial charge in [-0.25, -0.2) is 9.59 Å². The van der Waals surface area contributed by atoms with Gasteiger partial charge in [0.25, 0.3) is 0 Å². The molecule has 0 aliphatic carbocycles. The van der Waals surface area contributed by atoms with Crippen LogP contribution in [0, 0.1) is 6.92 Å². The fraction of sp³-hybridized carbons (Fsp3) is 0.529. The number of aliphatic hydroxyl groups excluding tert-OH is 1. The normalized spacial score (nSPS) is 13.3. The number of anilines is 1. The molecule has 1 unspecified atom stereocenters. The molecule has 1 atom stereocenters. The van der Waals surface area contributed by atoms with Crippen molar-refractivity contribution in [3.05, 3.63) is 29.3 Å². The van der Waals surface area contributed by atoms with Crippen LogP contribution in [0.15, 0.2) is 18.2 Å². The fourth-order valence-electron chi connectivity index (χ4n) is 2.08. The summed E-state index contributed by atoms with van der Waals surface area (Å²) in [5.41, 5.74) is 0.439. The van der Waals surface area contributed by atoms with Gasteiger partial charge in [0.2, 0.25) is 0 Å². The Morgan fingerprint density at radius 1 is 1.17 bits per heavy atom. The fourth-order valence-corrected chi connectivity index (χ4v) is 2.08. The van der Waals surface area contributed by atoms with E-state index in [2.05, 4.69) is 5.32 Å².